The molecule has 2 atom stereocenters. The Labute approximate surface area is 90.8 Å². The van der Waals surface area contributed by atoms with Crippen molar-refractivity contribution in [3.05, 3.63) is 23.4 Å². The Balaban J connectivity index is 4.00. The van der Waals surface area contributed by atoms with Gasteiger partial charge < -0.3 is 5.32 Å². The minimum absolute atomic E-state index is 0.0454. The van der Waals surface area contributed by atoms with Gasteiger partial charge in [-0.05, 0) is 18.4 Å². The van der Waals surface area contributed by atoms with E-state index in [0.29, 0.717) is 11.0 Å². The van der Waals surface area contributed by atoms with E-state index in [0.717, 1.165) is 12.0 Å². The molecule has 13 heavy (non-hydrogen) atoms. The molecular formula is C10H17Cl2N. The van der Waals surface area contributed by atoms with Crippen LogP contribution in [-0.4, -0.2) is 5.50 Å². The molecule has 0 aromatic heterocycles. The molecule has 2 unspecified atom stereocenters. The van der Waals surface area contributed by atoms with Gasteiger partial charge in [0, 0.05) is 11.2 Å². The van der Waals surface area contributed by atoms with Crippen LogP contribution in [0, 0.1) is 5.92 Å². The van der Waals surface area contributed by atoms with E-state index in [2.05, 4.69) is 25.7 Å². The van der Waals surface area contributed by atoms with Gasteiger partial charge >= 0.3 is 0 Å². The molecule has 0 rings (SSSR count). The highest BCUT2D eigenvalue weighted by molar-refractivity contribution is 6.31. The highest BCUT2D eigenvalue weighted by atomic mass is 35.5. The van der Waals surface area contributed by atoms with E-state index in [1.807, 2.05) is 6.92 Å². The molecular weight excluding hydrogens is 205 g/mol. The lowest BCUT2D eigenvalue weighted by atomic mass is 10.1. The SMILES string of the molecule is C=C(Cl)/C(C)=C\NC(Cl)C(C)CC. The van der Waals surface area contributed by atoms with E-state index >= 15 is 0 Å². The minimum Gasteiger partial charge on any atom is -0.375 e. The molecule has 0 radical (unpaired) electrons. The summed E-state index contributed by atoms with van der Waals surface area (Å²) in [6.45, 7) is 9.71. The molecule has 1 N–H and O–H groups in total. The van der Waals surface area contributed by atoms with Crippen LogP contribution in [0.1, 0.15) is 27.2 Å². The lowest BCUT2D eigenvalue weighted by Crippen LogP contribution is -2.25. The van der Waals surface area contributed by atoms with Gasteiger partial charge in [0.2, 0.25) is 0 Å². The van der Waals surface area contributed by atoms with Crippen molar-refractivity contribution >= 4 is 23.2 Å². The summed E-state index contributed by atoms with van der Waals surface area (Å²) < 4.78 is 0. The molecule has 0 aliphatic rings. The van der Waals surface area contributed by atoms with Crippen LogP contribution < -0.4 is 5.32 Å². The van der Waals surface area contributed by atoms with Gasteiger partial charge in [0.15, 0.2) is 0 Å². The molecule has 0 aromatic carbocycles. The average Bonchev–Trinajstić information content (AvgIpc) is 2.11. The molecule has 0 aliphatic heterocycles. The van der Waals surface area contributed by atoms with Gasteiger partial charge in [-0.3, -0.25) is 0 Å². The summed E-state index contributed by atoms with van der Waals surface area (Å²) in [6, 6.07) is 0. The zero-order chi connectivity index (χ0) is 10.4. The zero-order valence-corrected chi connectivity index (χ0v) is 9.91. The fraction of sp³-hybridized carbons (Fsp3) is 0.600. The molecule has 0 fully saturated rings. The predicted octanol–water partition coefficient (Wildman–Crippen LogP) is 3.84. The lowest BCUT2D eigenvalue weighted by molar-refractivity contribution is 0.497. The highest BCUT2D eigenvalue weighted by Gasteiger charge is 2.09. The maximum Gasteiger partial charge on any atom is 0.103 e. The van der Waals surface area contributed by atoms with Gasteiger partial charge in [0.25, 0.3) is 0 Å². The van der Waals surface area contributed by atoms with E-state index < -0.39 is 0 Å². The van der Waals surface area contributed by atoms with Crippen LogP contribution in [-0.2, 0) is 0 Å². The first kappa shape index (κ1) is 12.9. The summed E-state index contributed by atoms with van der Waals surface area (Å²) in [7, 11) is 0. The van der Waals surface area contributed by atoms with Crippen molar-refractivity contribution in [2.75, 3.05) is 0 Å². The number of hydrogen-bond acceptors (Lipinski definition) is 1. The van der Waals surface area contributed by atoms with Crippen molar-refractivity contribution in [3.63, 3.8) is 0 Å². The topological polar surface area (TPSA) is 12.0 Å². The van der Waals surface area contributed by atoms with Gasteiger partial charge in [0.1, 0.15) is 5.50 Å². The Hall–Kier alpha value is -0.140. The monoisotopic (exact) mass is 221 g/mol. The third-order valence-electron chi connectivity index (χ3n) is 2.03. The summed E-state index contributed by atoms with van der Waals surface area (Å²) >= 11 is 11.7. The number of alkyl halides is 1. The Morgan fingerprint density at radius 1 is 1.62 bits per heavy atom. The Bertz CT molecular complexity index is 199. The Kier molecular flexibility index (Phi) is 6.27. The summed E-state index contributed by atoms with van der Waals surface area (Å²) in [6.07, 6.45) is 2.86. The third kappa shape index (κ3) is 5.22. The van der Waals surface area contributed by atoms with Crippen molar-refractivity contribution in [1.29, 1.82) is 0 Å². The van der Waals surface area contributed by atoms with Crippen LogP contribution in [0.15, 0.2) is 23.4 Å². The number of nitrogens with one attached hydrogen (secondary N) is 1. The first-order valence-corrected chi connectivity index (χ1v) is 5.22. The van der Waals surface area contributed by atoms with E-state index in [1.54, 1.807) is 6.20 Å². The fourth-order valence-electron chi connectivity index (χ4n) is 0.654. The van der Waals surface area contributed by atoms with Crippen LogP contribution in [0.5, 0.6) is 0 Å². The number of allylic oxidation sites excluding steroid dienone is 2. The highest BCUT2D eigenvalue weighted by Crippen LogP contribution is 2.13. The molecule has 0 spiro atoms. The standard InChI is InChI=1S/C10H17Cl2N/c1-5-7(2)10(12)13-6-8(3)9(4)11/h6-7,10,13H,4-5H2,1-3H3/b8-6-. The van der Waals surface area contributed by atoms with Crippen molar-refractivity contribution in [3.8, 4) is 0 Å². The number of rotatable bonds is 5. The summed E-state index contributed by atoms with van der Waals surface area (Å²) in [5.41, 5.74) is 0.867. The summed E-state index contributed by atoms with van der Waals surface area (Å²) in [5.74, 6) is 0.439. The first-order chi connectivity index (χ1) is 5.99. The van der Waals surface area contributed by atoms with Gasteiger partial charge in [-0.2, -0.15) is 0 Å². The fourth-order valence-corrected chi connectivity index (χ4v) is 0.950. The summed E-state index contributed by atoms with van der Waals surface area (Å²) in [4.78, 5) is 0. The van der Waals surface area contributed by atoms with Crippen LogP contribution >= 0.6 is 23.2 Å². The second kappa shape index (κ2) is 6.33. The second-order valence-corrected chi connectivity index (χ2v) is 4.11. The molecule has 0 heterocycles. The van der Waals surface area contributed by atoms with E-state index in [1.165, 1.54) is 0 Å². The van der Waals surface area contributed by atoms with Gasteiger partial charge in [-0.15, -0.1) is 0 Å². The third-order valence-corrected chi connectivity index (χ3v) is 2.88. The minimum atomic E-state index is -0.0454. The zero-order valence-electron chi connectivity index (χ0n) is 8.40. The molecule has 76 valence electrons. The van der Waals surface area contributed by atoms with E-state index in [9.17, 15) is 0 Å². The molecule has 1 nitrogen and oxygen atoms in total. The maximum absolute atomic E-state index is 6.05. The van der Waals surface area contributed by atoms with Crippen molar-refractivity contribution in [2.45, 2.75) is 32.7 Å². The van der Waals surface area contributed by atoms with Crippen molar-refractivity contribution in [2.24, 2.45) is 5.92 Å². The van der Waals surface area contributed by atoms with Crippen LogP contribution in [0.3, 0.4) is 0 Å². The van der Waals surface area contributed by atoms with Gasteiger partial charge in [-0.25, -0.2) is 0 Å². The van der Waals surface area contributed by atoms with Crippen LogP contribution in [0.2, 0.25) is 0 Å². The molecule has 0 bridgehead atoms. The van der Waals surface area contributed by atoms with Crippen molar-refractivity contribution in [1.82, 2.24) is 5.32 Å². The average molecular weight is 222 g/mol. The largest absolute Gasteiger partial charge is 0.375 e. The van der Waals surface area contributed by atoms with Crippen LogP contribution in [0.25, 0.3) is 0 Å². The molecule has 0 amide bonds. The van der Waals surface area contributed by atoms with Gasteiger partial charge in [0.05, 0.1) is 0 Å². The lowest BCUT2D eigenvalue weighted by Gasteiger charge is -2.16. The summed E-state index contributed by atoms with van der Waals surface area (Å²) in [5, 5.41) is 3.61. The molecule has 0 saturated heterocycles. The second-order valence-electron chi connectivity index (χ2n) is 3.19. The predicted molar refractivity (Wildman–Crippen MR) is 61.0 cm³/mol. The number of hydrogen-bond donors (Lipinski definition) is 1. The molecule has 0 aliphatic carbocycles. The Morgan fingerprint density at radius 2 is 2.15 bits per heavy atom. The number of halogens is 2. The van der Waals surface area contributed by atoms with E-state index in [-0.39, 0.29) is 5.50 Å². The molecule has 0 aromatic rings. The Morgan fingerprint density at radius 3 is 2.54 bits per heavy atom. The quantitative estimate of drug-likeness (QED) is 0.423. The van der Waals surface area contributed by atoms with E-state index in [4.69, 9.17) is 23.2 Å². The molecule has 3 heteroatoms. The van der Waals surface area contributed by atoms with Crippen molar-refractivity contribution < 1.29 is 0 Å². The maximum atomic E-state index is 6.05. The normalized spacial score (nSPS) is 16.5. The van der Waals surface area contributed by atoms with Gasteiger partial charge in [-0.1, -0.05) is 50.0 Å². The first-order valence-electron chi connectivity index (χ1n) is 4.40. The van der Waals surface area contributed by atoms with Crippen LogP contribution in [0.4, 0.5) is 0 Å². The molecule has 0 saturated carbocycles. The smallest absolute Gasteiger partial charge is 0.103 e.